The molecule has 0 aliphatic heterocycles. The minimum absolute atomic E-state index is 0.356. The van der Waals surface area contributed by atoms with Crippen LogP contribution in [0.25, 0.3) is 0 Å². The van der Waals surface area contributed by atoms with Crippen LogP contribution in [-0.4, -0.2) is 24.5 Å². The molecule has 6 heteroatoms. The van der Waals surface area contributed by atoms with E-state index in [4.69, 9.17) is 9.47 Å². The highest BCUT2D eigenvalue weighted by atomic mass is 16.5. The van der Waals surface area contributed by atoms with Crippen molar-refractivity contribution in [2.45, 2.75) is 40.2 Å². The van der Waals surface area contributed by atoms with Gasteiger partial charge in [-0.3, -0.25) is 20.4 Å². The molecule has 1 atom stereocenters. The molecule has 0 bridgehead atoms. The van der Waals surface area contributed by atoms with Crippen molar-refractivity contribution in [3.63, 3.8) is 0 Å². The molecule has 2 N–H and O–H groups in total. The maximum absolute atomic E-state index is 12.3. The van der Waals surface area contributed by atoms with Crippen LogP contribution in [0.5, 0.6) is 11.5 Å². The second-order valence-electron chi connectivity index (χ2n) is 6.29. The summed E-state index contributed by atoms with van der Waals surface area (Å²) in [5.74, 6) is 0.179. The van der Waals surface area contributed by atoms with E-state index in [-0.39, 0.29) is 0 Å². The molecule has 2 aromatic rings. The third-order valence-corrected chi connectivity index (χ3v) is 4.05. The van der Waals surface area contributed by atoms with Crippen molar-refractivity contribution in [1.29, 1.82) is 0 Å². The zero-order chi connectivity index (χ0) is 19.8. The van der Waals surface area contributed by atoms with Crippen molar-refractivity contribution >= 4 is 11.8 Å². The number of carbonyl (C=O) groups is 2. The molecule has 0 saturated carbocycles. The van der Waals surface area contributed by atoms with Gasteiger partial charge < -0.3 is 9.47 Å². The normalized spacial score (nSPS) is 11.4. The SMILES string of the molecule is CCCOc1ccccc1C(=O)NNC(=O)C(C)Oc1ccc(C)c(C)c1. The lowest BCUT2D eigenvalue weighted by atomic mass is 10.1. The Bertz CT molecular complexity index is 805. The Balaban J connectivity index is 1.92. The molecule has 0 heterocycles. The summed E-state index contributed by atoms with van der Waals surface area (Å²) in [6, 6.07) is 12.5. The first-order valence-corrected chi connectivity index (χ1v) is 8.98. The van der Waals surface area contributed by atoms with Gasteiger partial charge in [-0.2, -0.15) is 0 Å². The zero-order valence-corrected chi connectivity index (χ0v) is 16.2. The lowest BCUT2D eigenvalue weighted by Crippen LogP contribution is -2.47. The Morgan fingerprint density at radius 3 is 2.48 bits per heavy atom. The number of carbonyl (C=O) groups excluding carboxylic acids is 2. The largest absolute Gasteiger partial charge is 0.493 e. The molecule has 6 nitrogen and oxygen atoms in total. The number of hydrazine groups is 1. The van der Waals surface area contributed by atoms with Gasteiger partial charge >= 0.3 is 0 Å². The quantitative estimate of drug-likeness (QED) is 0.733. The summed E-state index contributed by atoms with van der Waals surface area (Å²) in [6.45, 7) is 8.10. The van der Waals surface area contributed by atoms with E-state index in [2.05, 4.69) is 10.9 Å². The molecule has 2 aromatic carbocycles. The molecule has 0 spiro atoms. The van der Waals surface area contributed by atoms with E-state index in [1.165, 1.54) is 0 Å². The van der Waals surface area contributed by atoms with Gasteiger partial charge in [-0.05, 0) is 62.6 Å². The van der Waals surface area contributed by atoms with Crippen molar-refractivity contribution in [2.75, 3.05) is 6.61 Å². The minimum atomic E-state index is -0.765. The lowest BCUT2D eigenvalue weighted by molar-refractivity contribution is -0.128. The monoisotopic (exact) mass is 370 g/mol. The Kier molecular flexibility index (Phi) is 7.23. The maximum atomic E-state index is 12.3. The molecule has 2 rings (SSSR count). The first-order valence-electron chi connectivity index (χ1n) is 8.98. The molecule has 2 amide bonds. The standard InChI is InChI=1S/C21H26N2O4/c1-5-12-26-19-9-7-6-8-18(19)21(25)23-22-20(24)16(4)27-17-11-10-14(2)15(3)13-17/h6-11,13,16H,5,12H2,1-4H3,(H,22,24)(H,23,25). The van der Waals surface area contributed by atoms with Crippen molar-refractivity contribution < 1.29 is 19.1 Å². The predicted molar refractivity (Wildman–Crippen MR) is 104 cm³/mol. The molecular weight excluding hydrogens is 344 g/mol. The van der Waals surface area contributed by atoms with Crippen molar-refractivity contribution in [3.8, 4) is 11.5 Å². The van der Waals surface area contributed by atoms with Gasteiger partial charge in [-0.1, -0.05) is 25.1 Å². The summed E-state index contributed by atoms with van der Waals surface area (Å²) in [5.41, 5.74) is 7.38. The molecule has 0 aliphatic rings. The fourth-order valence-corrected chi connectivity index (χ4v) is 2.32. The van der Waals surface area contributed by atoms with Gasteiger partial charge in [0, 0.05) is 0 Å². The van der Waals surface area contributed by atoms with Crippen LogP contribution in [0.3, 0.4) is 0 Å². The molecule has 0 aromatic heterocycles. The van der Waals surface area contributed by atoms with E-state index < -0.39 is 17.9 Å². The number of para-hydroxylation sites is 1. The van der Waals surface area contributed by atoms with Crippen LogP contribution in [-0.2, 0) is 4.79 Å². The molecule has 0 saturated heterocycles. The van der Waals surface area contributed by atoms with Crippen LogP contribution >= 0.6 is 0 Å². The summed E-state index contributed by atoms with van der Waals surface area (Å²) in [7, 11) is 0. The molecule has 144 valence electrons. The number of rotatable bonds is 7. The minimum Gasteiger partial charge on any atom is -0.493 e. The molecule has 1 unspecified atom stereocenters. The summed E-state index contributed by atoms with van der Waals surface area (Å²) < 4.78 is 11.2. The first-order chi connectivity index (χ1) is 12.9. The second-order valence-corrected chi connectivity index (χ2v) is 6.29. The van der Waals surface area contributed by atoms with Crippen LogP contribution in [0.4, 0.5) is 0 Å². The van der Waals surface area contributed by atoms with Crippen molar-refractivity contribution in [3.05, 3.63) is 59.2 Å². The van der Waals surface area contributed by atoms with Crippen LogP contribution in [0.15, 0.2) is 42.5 Å². The van der Waals surface area contributed by atoms with E-state index in [1.54, 1.807) is 31.2 Å². The van der Waals surface area contributed by atoms with Crippen LogP contribution < -0.4 is 20.3 Å². The van der Waals surface area contributed by atoms with Crippen LogP contribution in [0.2, 0.25) is 0 Å². The van der Waals surface area contributed by atoms with E-state index in [0.717, 1.165) is 17.5 Å². The third kappa shape index (κ3) is 5.74. The summed E-state index contributed by atoms with van der Waals surface area (Å²) in [4.78, 5) is 24.6. The van der Waals surface area contributed by atoms with Crippen molar-refractivity contribution in [2.24, 2.45) is 0 Å². The number of amides is 2. The Hall–Kier alpha value is -3.02. The highest BCUT2D eigenvalue weighted by molar-refractivity contribution is 5.98. The smallest absolute Gasteiger partial charge is 0.279 e. The van der Waals surface area contributed by atoms with Gasteiger partial charge in [-0.15, -0.1) is 0 Å². The molecule has 0 radical (unpaired) electrons. The number of nitrogens with one attached hydrogen (secondary N) is 2. The number of hydrogen-bond acceptors (Lipinski definition) is 4. The molecule has 0 aliphatic carbocycles. The number of hydrogen-bond donors (Lipinski definition) is 2. The van der Waals surface area contributed by atoms with Gasteiger partial charge in [0.2, 0.25) is 0 Å². The molecule has 27 heavy (non-hydrogen) atoms. The number of aryl methyl sites for hydroxylation is 2. The molecular formula is C21H26N2O4. The van der Waals surface area contributed by atoms with Gasteiger partial charge in [0.05, 0.1) is 12.2 Å². The second kappa shape index (κ2) is 9.62. The maximum Gasteiger partial charge on any atom is 0.279 e. The van der Waals surface area contributed by atoms with Gasteiger partial charge in [-0.25, -0.2) is 0 Å². The summed E-state index contributed by atoms with van der Waals surface area (Å²) in [6.07, 6.45) is 0.0685. The topological polar surface area (TPSA) is 76.7 Å². The van der Waals surface area contributed by atoms with Gasteiger partial charge in [0.25, 0.3) is 11.8 Å². The zero-order valence-electron chi connectivity index (χ0n) is 16.2. The summed E-state index contributed by atoms with van der Waals surface area (Å²) in [5, 5.41) is 0. The lowest BCUT2D eigenvalue weighted by Gasteiger charge is -2.16. The highest BCUT2D eigenvalue weighted by Crippen LogP contribution is 2.19. The Morgan fingerprint density at radius 1 is 1.04 bits per heavy atom. The fraction of sp³-hybridized carbons (Fsp3) is 0.333. The third-order valence-electron chi connectivity index (χ3n) is 4.05. The molecule has 0 fully saturated rings. The van der Waals surface area contributed by atoms with E-state index >= 15 is 0 Å². The average molecular weight is 370 g/mol. The van der Waals surface area contributed by atoms with Crippen molar-refractivity contribution in [1.82, 2.24) is 10.9 Å². The van der Waals surface area contributed by atoms with Gasteiger partial charge in [0.15, 0.2) is 6.10 Å². The summed E-state index contributed by atoms with van der Waals surface area (Å²) >= 11 is 0. The first kappa shape index (κ1) is 20.3. The van der Waals surface area contributed by atoms with E-state index in [0.29, 0.717) is 23.7 Å². The Morgan fingerprint density at radius 2 is 1.78 bits per heavy atom. The highest BCUT2D eigenvalue weighted by Gasteiger charge is 2.17. The van der Waals surface area contributed by atoms with Crippen LogP contribution in [0, 0.1) is 13.8 Å². The number of ether oxygens (including phenoxy) is 2. The average Bonchev–Trinajstić information content (AvgIpc) is 2.67. The fourth-order valence-electron chi connectivity index (χ4n) is 2.32. The number of benzene rings is 2. The predicted octanol–water partition coefficient (Wildman–Crippen LogP) is 3.32. The van der Waals surface area contributed by atoms with E-state index in [9.17, 15) is 9.59 Å². The van der Waals surface area contributed by atoms with Gasteiger partial charge in [0.1, 0.15) is 11.5 Å². The van der Waals surface area contributed by atoms with Crippen LogP contribution in [0.1, 0.15) is 41.8 Å². The van der Waals surface area contributed by atoms with E-state index in [1.807, 2.05) is 39.0 Å². The Labute approximate surface area is 159 Å².